The van der Waals surface area contributed by atoms with Crippen LogP contribution in [0.5, 0.6) is 0 Å². The predicted molar refractivity (Wildman–Crippen MR) is 51.6 cm³/mol. The lowest BCUT2D eigenvalue weighted by atomic mass is 10.1. The molecule has 0 aromatic heterocycles. The fourth-order valence-electron chi connectivity index (χ4n) is 1.19. The first-order valence-corrected chi connectivity index (χ1v) is 5.72. The van der Waals surface area contributed by atoms with Crippen molar-refractivity contribution >= 4 is 17.5 Å². The van der Waals surface area contributed by atoms with E-state index in [1.807, 2.05) is 11.8 Å². The molecule has 1 atom stereocenters. The Morgan fingerprint density at radius 1 is 1.67 bits per heavy atom. The van der Waals surface area contributed by atoms with Crippen LogP contribution in [0, 0.1) is 0 Å². The minimum atomic E-state index is -0.102. The van der Waals surface area contributed by atoms with Gasteiger partial charge in [-0.1, -0.05) is 13.3 Å². The number of ether oxygens (including phenoxy) is 1. The summed E-state index contributed by atoms with van der Waals surface area (Å²) < 4.78 is 5.37. The van der Waals surface area contributed by atoms with Gasteiger partial charge in [-0.05, 0) is 6.42 Å². The molecule has 1 unspecified atom stereocenters. The highest BCUT2D eigenvalue weighted by Crippen LogP contribution is 2.15. The molecule has 0 aromatic carbocycles. The number of unbranched alkanes of at least 4 members (excludes halogenated alkanes) is 1. The molecule has 0 spiro atoms. The molecule has 1 saturated heterocycles. The number of carbonyl (C=O) groups is 1. The van der Waals surface area contributed by atoms with E-state index in [2.05, 4.69) is 6.92 Å². The lowest BCUT2D eigenvalue weighted by molar-refractivity contribution is -0.129. The van der Waals surface area contributed by atoms with E-state index in [1.54, 1.807) is 0 Å². The maximum Gasteiger partial charge on any atom is 0.162 e. The third kappa shape index (κ3) is 3.15. The lowest BCUT2D eigenvalue weighted by Gasteiger charge is -2.20. The van der Waals surface area contributed by atoms with Gasteiger partial charge in [-0.15, -0.1) is 0 Å². The molecule has 0 saturated carbocycles. The number of hydrogen-bond donors (Lipinski definition) is 0. The molecule has 1 aliphatic heterocycles. The Bertz CT molecular complexity index is 141. The third-order valence-electron chi connectivity index (χ3n) is 1.95. The van der Waals surface area contributed by atoms with Crippen LogP contribution in [-0.2, 0) is 9.53 Å². The molecule has 1 heterocycles. The predicted octanol–water partition coefficient (Wildman–Crippen LogP) is 1.88. The van der Waals surface area contributed by atoms with E-state index < -0.39 is 0 Å². The Kier molecular flexibility index (Phi) is 4.69. The second-order valence-corrected chi connectivity index (χ2v) is 4.15. The van der Waals surface area contributed by atoms with Crippen LogP contribution in [0.1, 0.15) is 26.2 Å². The molecule has 1 aliphatic rings. The van der Waals surface area contributed by atoms with E-state index in [9.17, 15) is 4.79 Å². The number of rotatable bonds is 4. The van der Waals surface area contributed by atoms with E-state index >= 15 is 0 Å². The second-order valence-electron chi connectivity index (χ2n) is 3.00. The van der Waals surface area contributed by atoms with Gasteiger partial charge in [-0.2, -0.15) is 11.8 Å². The van der Waals surface area contributed by atoms with Gasteiger partial charge in [0.15, 0.2) is 5.78 Å². The van der Waals surface area contributed by atoms with Gasteiger partial charge in [0, 0.05) is 17.9 Å². The van der Waals surface area contributed by atoms with Crippen LogP contribution in [0.15, 0.2) is 0 Å². The summed E-state index contributed by atoms with van der Waals surface area (Å²) in [5.74, 6) is 2.20. The van der Waals surface area contributed by atoms with E-state index in [1.165, 1.54) is 0 Å². The summed E-state index contributed by atoms with van der Waals surface area (Å²) in [5.41, 5.74) is 0. The zero-order chi connectivity index (χ0) is 8.81. The van der Waals surface area contributed by atoms with Crippen LogP contribution in [0.25, 0.3) is 0 Å². The Labute approximate surface area is 78.1 Å². The van der Waals surface area contributed by atoms with Gasteiger partial charge in [0.1, 0.15) is 6.10 Å². The smallest absolute Gasteiger partial charge is 0.162 e. The molecular weight excluding hydrogens is 172 g/mol. The van der Waals surface area contributed by atoms with Gasteiger partial charge < -0.3 is 4.74 Å². The summed E-state index contributed by atoms with van der Waals surface area (Å²) in [6.45, 7) is 2.84. The summed E-state index contributed by atoms with van der Waals surface area (Å²) in [6.07, 6.45) is 2.69. The van der Waals surface area contributed by atoms with Gasteiger partial charge in [-0.3, -0.25) is 4.79 Å². The number of ketones is 1. The average molecular weight is 188 g/mol. The minimum absolute atomic E-state index is 0.102. The molecule has 2 nitrogen and oxygen atoms in total. The van der Waals surface area contributed by atoms with Gasteiger partial charge >= 0.3 is 0 Å². The summed E-state index contributed by atoms with van der Waals surface area (Å²) in [7, 11) is 0. The van der Waals surface area contributed by atoms with Crippen molar-refractivity contribution in [2.75, 3.05) is 18.1 Å². The highest BCUT2D eigenvalue weighted by atomic mass is 32.2. The van der Waals surface area contributed by atoms with Crippen molar-refractivity contribution in [3.05, 3.63) is 0 Å². The SMILES string of the molecule is CCCCC(=O)C1CSCCO1. The van der Waals surface area contributed by atoms with E-state index in [0.717, 1.165) is 31.0 Å². The van der Waals surface area contributed by atoms with Crippen molar-refractivity contribution in [3.8, 4) is 0 Å². The Balaban J connectivity index is 2.20. The molecule has 3 heteroatoms. The lowest BCUT2D eigenvalue weighted by Crippen LogP contribution is -2.31. The molecule has 0 bridgehead atoms. The molecule has 0 radical (unpaired) electrons. The van der Waals surface area contributed by atoms with E-state index in [0.29, 0.717) is 12.2 Å². The first-order valence-electron chi connectivity index (χ1n) is 4.56. The summed E-state index contributed by atoms with van der Waals surface area (Å²) in [4.78, 5) is 11.4. The molecule has 70 valence electrons. The Morgan fingerprint density at radius 2 is 2.50 bits per heavy atom. The third-order valence-corrected chi connectivity index (χ3v) is 2.95. The highest BCUT2D eigenvalue weighted by Gasteiger charge is 2.20. The molecule has 12 heavy (non-hydrogen) atoms. The van der Waals surface area contributed by atoms with E-state index in [4.69, 9.17) is 4.74 Å². The van der Waals surface area contributed by atoms with Crippen molar-refractivity contribution in [1.82, 2.24) is 0 Å². The maximum absolute atomic E-state index is 11.4. The number of hydrogen-bond acceptors (Lipinski definition) is 3. The monoisotopic (exact) mass is 188 g/mol. The van der Waals surface area contributed by atoms with Crippen LogP contribution in [0.2, 0.25) is 0 Å². The Hall–Kier alpha value is -0.0200. The summed E-state index contributed by atoms with van der Waals surface area (Å²) >= 11 is 1.82. The van der Waals surface area contributed by atoms with Crippen LogP contribution in [-0.4, -0.2) is 30.0 Å². The summed E-state index contributed by atoms with van der Waals surface area (Å²) in [5, 5.41) is 0. The fraction of sp³-hybridized carbons (Fsp3) is 0.889. The van der Waals surface area contributed by atoms with Gasteiger partial charge in [0.25, 0.3) is 0 Å². The van der Waals surface area contributed by atoms with Crippen molar-refractivity contribution in [2.24, 2.45) is 0 Å². The van der Waals surface area contributed by atoms with Crippen LogP contribution in [0.3, 0.4) is 0 Å². The van der Waals surface area contributed by atoms with E-state index in [-0.39, 0.29) is 6.10 Å². The van der Waals surface area contributed by atoms with Crippen molar-refractivity contribution in [1.29, 1.82) is 0 Å². The highest BCUT2D eigenvalue weighted by molar-refractivity contribution is 7.99. The molecule has 0 amide bonds. The molecular formula is C9H16O2S. The molecule has 0 N–H and O–H groups in total. The van der Waals surface area contributed by atoms with Crippen LogP contribution in [0.4, 0.5) is 0 Å². The van der Waals surface area contributed by atoms with Crippen molar-refractivity contribution in [3.63, 3.8) is 0 Å². The van der Waals surface area contributed by atoms with Gasteiger partial charge in [0.05, 0.1) is 6.61 Å². The quantitative estimate of drug-likeness (QED) is 0.674. The normalized spacial score (nSPS) is 23.9. The molecule has 0 aromatic rings. The largest absolute Gasteiger partial charge is 0.369 e. The standard InChI is InChI=1S/C9H16O2S/c1-2-3-4-8(10)9-7-12-6-5-11-9/h9H,2-7H2,1H3. The summed E-state index contributed by atoms with van der Waals surface area (Å²) in [6, 6.07) is 0. The zero-order valence-electron chi connectivity index (χ0n) is 7.54. The zero-order valence-corrected chi connectivity index (χ0v) is 8.36. The van der Waals surface area contributed by atoms with Crippen molar-refractivity contribution < 1.29 is 9.53 Å². The number of carbonyl (C=O) groups excluding carboxylic acids is 1. The minimum Gasteiger partial charge on any atom is -0.369 e. The number of thioether (sulfide) groups is 1. The Morgan fingerprint density at radius 3 is 3.08 bits per heavy atom. The molecule has 0 aliphatic carbocycles. The topological polar surface area (TPSA) is 26.3 Å². The van der Waals surface area contributed by atoms with Gasteiger partial charge in [-0.25, -0.2) is 0 Å². The molecule has 1 rings (SSSR count). The first-order chi connectivity index (χ1) is 5.84. The number of Topliss-reactive ketones (excluding diaryl/α,β-unsaturated/α-hetero) is 1. The van der Waals surface area contributed by atoms with Crippen molar-refractivity contribution in [2.45, 2.75) is 32.3 Å². The second kappa shape index (κ2) is 5.60. The average Bonchev–Trinajstić information content (AvgIpc) is 2.15. The van der Waals surface area contributed by atoms with Crippen LogP contribution < -0.4 is 0 Å². The fourth-order valence-corrected chi connectivity index (χ4v) is 2.06. The maximum atomic E-state index is 11.4. The van der Waals surface area contributed by atoms with Crippen LogP contribution >= 0.6 is 11.8 Å². The molecule has 1 fully saturated rings. The van der Waals surface area contributed by atoms with Gasteiger partial charge in [0.2, 0.25) is 0 Å². The first kappa shape index (κ1) is 10.1.